The van der Waals surface area contributed by atoms with Gasteiger partial charge in [0, 0.05) is 12.3 Å². The van der Waals surface area contributed by atoms with Crippen molar-refractivity contribution in [2.45, 2.75) is 13.3 Å². The summed E-state index contributed by atoms with van der Waals surface area (Å²) in [6.45, 7) is 2.06. The van der Waals surface area contributed by atoms with Gasteiger partial charge in [0.1, 0.15) is 5.82 Å². The van der Waals surface area contributed by atoms with Crippen LogP contribution in [0.25, 0.3) is 16.7 Å². The smallest absolute Gasteiger partial charge is 0.115 e. The zero-order chi connectivity index (χ0) is 14.1. The number of aromatic nitrogens is 2. The van der Waals surface area contributed by atoms with Gasteiger partial charge in [0.25, 0.3) is 0 Å². The molecule has 2 nitrogen and oxygen atoms in total. The van der Waals surface area contributed by atoms with Gasteiger partial charge in [-0.05, 0) is 36.8 Å². The molecule has 0 N–H and O–H groups in total. The first-order chi connectivity index (χ1) is 9.70. The van der Waals surface area contributed by atoms with Gasteiger partial charge >= 0.3 is 0 Å². The van der Waals surface area contributed by atoms with E-state index in [4.69, 9.17) is 23.2 Å². The zero-order valence-electron chi connectivity index (χ0n) is 11.1. The van der Waals surface area contributed by atoms with Crippen LogP contribution in [0.1, 0.15) is 11.4 Å². The Balaban J connectivity index is 2.33. The van der Waals surface area contributed by atoms with E-state index in [1.54, 1.807) is 0 Å². The Morgan fingerprint density at radius 1 is 1.15 bits per heavy atom. The fourth-order valence-electron chi connectivity index (χ4n) is 2.39. The number of hydrogen-bond donors (Lipinski definition) is 0. The maximum Gasteiger partial charge on any atom is 0.115 e. The van der Waals surface area contributed by atoms with Gasteiger partial charge in [0.2, 0.25) is 0 Å². The highest BCUT2D eigenvalue weighted by Gasteiger charge is 2.14. The molecule has 102 valence electrons. The molecule has 4 heteroatoms. The molecule has 0 atom stereocenters. The second-order valence-electron chi connectivity index (χ2n) is 4.75. The fourth-order valence-corrected chi connectivity index (χ4v) is 2.76. The number of para-hydroxylation sites is 2. The fraction of sp³-hybridized carbons (Fsp3) is 0.188. The van der Waals surface area contributed by atoms with Crippen LogP contribution in [0.3, 0.4) is 0 Å². The Morgan fingerprint density at radius 3 is 2.75 bits per heavy atom. The average molecular weight is 305 g/mol. The number of aryl methyl sites for hydroxylation is 2. The first-order valence-corrected chi connectivity index (χ1v) is 7.41. The lowest BCUT2D eigenvalue weighted by atomic mass is 10.2. The molecule has 3 aromatic rings. The lowest BCUT2D eigenvalue weighted by molar-refractivity contribution is 0.911. The summed E-state index contributed by atoms with van der Waals surface area (Å²) in [4.78, 5) is 4.67. The zero-order valence-corrected chi connectivity index (χ0v) is 12.6. The monoisotopic (exact) mass is 304 g/mol. The van der Waals surface area contributed by atoms with E-state index >= 15 is 0 Å². The van der Waals surface area contributed by atoms with E-state index < -0.39 is 0 Å². The van der Waals surface area contributed by atoms with Crippen LogP contribution in [0, 0.1) is 6.92 Å². The van der Waals surface area contributed by atoms with E-state index in [0.717, 1.165) is 27.6 Å². The second-order valence-corrected chi connectivity index (χ2v) is 5.53. The summed E-state index contributed by atoms with van der Waals surface area (Å²) in [6.07, 6.45) is 0.709. The van der Waals surface area contributed by atoms with Crippen LogP contribution < -0.4 is 0 Å². The van der Waals surface area contributed by atoms with Crippen molar-refractivity contribution in [1.29, 1.82) is 0 Å². The Labute approximate surface area is 128 Å². The van der Waals surface area contributed by atoms with Gasteiger partial charge < -0.3 is 0 Å². The first kappa shape index (κ1) is 13.5. The maximum atomic E-state index is 6.38. The molecular formula is C16H14Cl2N2. The van der Waals surface area contributed by atoms with Crippen molar-refractivity contribution in [3.05, 3.63) is 58.9 Å². The molecule has 0 bridgehead atoms. The van der Waals surface area contributed by atoms with E-state index in [9.17, 15) is 0 Å². The summed E-state index contributed by atoms with van der Waals surface area (Å²) in [7, 11) is 0. The molecule has 0 saturated carbocycles. The summed E-state index contributed by atoms with van der Waals surface area (Å²) in [5.41, 5.74) is 4.14. The van der Waals surface area contributed by atoms with Crippen LogP contribution in [-0.2, 0) is 6.42 Å². The summed E-state index contributed by atoms with van der Waals surface area (Å²) in [5.74, 6) is 1.47. The molecule has 0 aliphatic heterocycles. The maximum absolute atomic E-state index is 6.38. The van der Waals surface area contributed by atoms with Crippen molar-refractivity contribution < 1.29 is 0 Å². The average Bonchev–Trinajstić information content (AvgIpc) is 2.80. The second kappa shape index (κ2) is 5.47. The summed E-state index contributed by atoms with van der Waals surface area (Å²) < 4.78 is 2.10. The lowest BCUT2D eigenvalue weighted by Crippen LogP contribution is -2.03. The summed E-state index contributed by atoms with van der Waals surface area (Å²) in [5, 5.41) is 0.717. The quantitative estimate of drug-likeness (QED) is 0.637. The number of nitrogens with zero attached hydrogens (tertiary/aromatic N) is 2. The first-order valence-electron chi connectivity index (χ1n) is 6.49. The largest absolute Gasteiger partial charge is 0.295 e. The molecule has 1 heterocycles. The standard InChI is InChI=1S/C16H14Cl2N2/c1-11-6-7-12(18)15(10-11)20-14-5-3-2-4-13(14)19-16(20)8-9-17/h2-7,10H,8-9H2,1H3. The number of imidazole rings is 1. The Morgan fingerprint density at radius 2 is 1.95 bits per heavy atom. The van der Waals surface area contributed by atoms with E-state index in [2.05, 4.69) is 28.6 Å². The predicted molar refractivity (Wildman–Crippen MR) is 85.2 cm³/mol. The van der Waals surface area contributed by atoms with Crippen molar-refractivity contribution in [2.24, 2.45) is 0 Å². The minimum Gasteiger partial charge on any atom is -0.295 e. The molecule has 0 spiro atoms. The normalized spacial score (nSPS) is 11.2. The van der Waals surface area contributed by atoms with Gasteiger partial charge in [-0.1, -0.05) is 29.8 Å². The molecule has 0 unspecified atom stereocenters. The van der Waals surface area contributed by atoms with Crippen LogP contribution in [-0.4, -0.2) is 15.4 Å². The molecule has 0 aliphatic carbocycles. The molecular weight excluding hydrogens is 291 g/mol. The highest BCUT2D eigenvalue weighted by molar-refractivity contribution is 6.32. The van der Waals surface area contributed by atoms with E-state index in [-0.39, 0.29) is 0 Å². The number of alkyl halides is 1. The Kier molecular flexibility index (Phi) is 3.68. The number of halogens is 2. The molecule has 0 aliphatic rings. The predicted octanol–water partition coefficient (Wildman–Crippen LogP) is 4.77. The summed E-state index contributed by atoms with van der Waals surface area (Å²) >= 11 is 12.3. The SMILES string of the molecule is Cc1ccc(Cl)c(-n2c(CCCl)nc3ccccc32)c1. The number of fused-ring (bicyclic) bond motifs is 1. The third-order valence-corrected chi connectivity index (χ3v) is 3.80. The van der Waals surface area contributed by atoms with E-state index in [0.29, 0.717) is 12.3 Å². The van der Waals surface area contributed by atoms with Crippen LogP contribution in [0.2, 0.25) is 5.02 Å². The van der Waals surface area contributed by atoms with Crippen LogP contribution in [0.4, 0.5) is 0 Å². The highest BCUT2D eigenvalue weighted by Crippen LogP contribution is 2.28. The lowest BCUT2D eigenvalue weighted by Gasteiger charge is -2.11. The van der Waals surface area contributed by atoms with Gasteiger partial charge in [0.05, 0.1) is 21.7 Å². The Bertz CT molecular complexity index is 762. The van der Waals surface area contributed by atoms with Crippen molar-refractivity contribution in [1.82, 2.24) is 9.55 Å². The Hall–Kier alpha value is -1.51. The van der Waals surface area contributed by atoms with Gasteiger partial charge in [-0.25, -0.2) is 4.98 Å². The molecule has 3 rings (SSSR count). The minimum absolute atomic E-state index is 0.534. The molecule has 20 heavy (non-hydrogen) atoms. The van der Waals surface area contributed by atoms with E-state index in [1.807, 2.05) is 30.3 Å². The van der Waals surface area contributed by atoms with Crippen LogP contribution in [0.15, 0.2) is 42.5 Å². The van der Waals surface area contributed by atoms with Crippen molar-refractivity contribution in [2.75, 3.05) is 5.88 Å². The minimum atomic E-state index is 0.534. The third-order valence-electron chi connectivity index (χ3n) is 3.29. The molecule has 1 aromatic heterocycles. The number of rotatable bonds is 3. The molecule has 2 aromatic carbocycles. The van der Waals surface area contributed by atoms with Gasteiger partial charge in [0.15, 0.2) is 0 Å². The molecule has 0 amide bonds. The van der Waals surface area contributed by atoms with E-state index in [1.165, 1.54) is 5.56 Å². The molecule has 0 saturated heterocycles. The third kappa shape index (κ3) is 2.30. The van der Waals surface area contributed by atoms with Crippen molar-refractivity contribution in [3.8, 4) is 5.69 Å². The topological polar surface area (TPSA) is 17.8 Å². The van der Waals surface area contributed by atoms with Crippen molar-refractivity contribution >= 4 is 34.2 Å². The summed E-state index contributed by atoms with van der Waals surface area (Å²) in [6, 6.07) is 14.1. The van der Waals surface area contributed by atoms with Crippen LogP contribution in [0.5, 0.6) is 0 Å². The van der Waals surface area contributed by atoms with Gasteiger partial charge in [-0.15, -0.1) is 11.6 Å². The molecule has 0 radical (unpaired) electrons. The van der Waals surface area contributed by atoms with Gasteiger partial charge in [-0.2, -0.15) is 0 Å². The van der Waals surface area contributed by atoms with Gasteiger partial charge in [-0.3, -0.25) is 4.57 Å². The van der Waals surface area contributed by atoms with Crippen LogP contribution >= 0.6 is 23.2 Å². The highest BCUT2D eigenvalue weighted by atomic mass is 35.5. The number of hydrogen-bond acceptors (Lipinski definition) is 1. The molecule has 0 fully saturated rings. The number of benzene rings is 2. The van der Waals surface area contributed by atoms with Crippen molar-refractivity contribution in [3.63, 3.8) is 0 Å².